The first-order chi connectivity index (χ1) is 13.3. The van der Waals surface area contributed by atoms with Crippen LogP contribution in [0.4, 0.5) is 0 Å². The highest BCUT2D eigenvalue weighted by Crippen LogP contribution is 2.33. The molecule has 1 unspecified atom stereocenters. The van der Waals surface area contributed by atoms with Crippen molar-refractivity contribution >= 4 is 5.52 Å². The van der Waals surface area contributed by atoms with Gasteiger partial charge in [-0.2, -0.15) is 10.2 Å². The number of rotatable bonds is 3. The summed E-state index contributed by atoms with van der Waals surface area (Å²) in [4.78, 5) is 12.4. The smallest absolute Gasteiger partial charge is 0.267 e. The number of benzene rings is 1. The summed E-state index contributed by atoms with van der Waals surface area (Å²) in [5.74, 6) is 0. The van der Waals surface area contributed by atoms with Crippen molar-refractivity contribution in [2.75, 3.05) is 13.1 Å². The fourth-order valence-corrected chi connectivity index (χ4v) is 3.72. The van der Waals surface area contributed by atoms with E-state index in [9.17, 15) is 4.79 Å². The molecule has 4 heterocycles. The lowest BCUT2D eigenvalue weighted by molar-refractivity contribution is 0.467. The summed E-state index contributed by atoms with van der Waals surface area (Å²) in [5.41, 5.74) is 4.51. The number of pyridine rings is 1. The lowest BCUT2D eigenvalue weighted by Gasteiger charge is -2.13. The van der Waals surface area contributed by atoms with Crippen molar-refractivity contribution < 1.29 is 0 Å². The normalized spacial score (nSPS) is 16.8. The van der Waals surface area contributed by atoms with Gasteiger partial charge in [-0.3, -0.25) is 4.79 Å². The first-order valence-corrected chi connectivity index (χ1v) is 9.15. The third kappa shape index (κ3) is 2.74. The molecule has 1 atom stereocenters. The molecule has 0 spiro atoms. The SMILES string of the molecule is O=c1ccc(-c2c(-c3ccccc3)nn3ccccc23)nn1C1CCNC1. The van der Waals surface area contributed by atoms with Gasteiger partial charge in [0.25, 0.3) is 5.56 Å². The van der Waals surface area contributed by atoms with E-state index in [4.69, 9.17) is 10.2 Å². The summed E-state index contributed by atoms with van der Waals surface area (Å²) in [7, 11) is 0. The molecule has 134 valence electrons. The lowest BCUT2D eigenvalue weighted by Crippen LogP contribution is -2.28. The third-order valence-corrected chi connectivity index (χ3v) is 5.05. The fraction of sp³-hybridized carbons (Fsp3) is 0.190. The topological polar surface area (TPSA) is 64.2 Å². The second kappa shape index (κ2) is 6.48. The van der Waals surface area contributed by atoms with E-state index in [2.05, 4.69) is 5.32 Å². The van der Waals surface area contributed by atoms with Crippen LogP contribution in [-0.4, -0.2) is 32.5 Å². The first kappa shape index (κ1) is 16.0. The van der Waals surface area contributed by atoms with Crippen molar-refractivity contribution in [2.24, 2.45) is 0 Å². The van der Waals surface area contributed by atoms with Crippen molar-refractivity contribution in [3.63, 3.8) is 0 Å². The summed E-state index contributed by atoms with van der Waals surface area (Å²) < 4.78 is 3.49. The van der Waals surface area contributed by atoms with Crippen molar-refractivity contribution in [1.29, 1.82) is 0 Å². The van der Waals surface area contributed by atoms with Gasteiger partial charge in [-0.1, -0.05) is 36.4 Å². The predicted octanol–water partition coefficient (Wildman–Crippen LogP) is 2.76. The number of hydrogen-bond donors (Lipinski definition) is 1. The zero-order chi connectivity index (χ0) is 18.2. The number of nitrogens with one attached hydrogen (secondary N) is 1. The van der Waals surface area contributed by atoms with Crippen molar-refractivity contribution in [2.45, 2.75) is 12.5 Å². The maximum atomic E-state index is 12.4. The van der Waals surface area contributed by atoms with Gasteiger partial charge < -0.3 is 5.32 Å². The van der Waals surface area contributed by atoms with Crippen LogP contribution in [0.3, 0.4) is 0 Å². The fourth-order valence-electron chi connectivity index (χ4n) is 3.72. The van der Waals surface area contributed by atoms with Crippen LogP contribution in [0.2, 0.25) is 0 Å². The summed E-state index contributed by atoms with van der Waals surface area (Å²) >= 11 is 0. The monoisotopic (exact) mass is 357 g/mol. The van der Waals surface area contributed by atoms with Gasteiger partial charge in [-0.15, -0.1) is 0 Å². The lowest BCUT2D eigenvalue weighted by atomic mass is 10.0. The maximum Gasteiger partial charge on any atom is 0.267 e. The Balaban J connectivity index is 1.75. The molecular formula is C21H19N5O. The van der Waals surface area contributed by atoms with Crippen LogP contribution >= 0.6 is 0 Å². The highest BCUT2D eigenvalue weighted by Gasteiger charge is 2.22. The number of nitrogens with zero attached hydrogens (tertiary/aromatic N) is 4. The molecule has 1 aliphatic heterocycles. The summed E-state index contributed by atoms with van der Waals surface area (Å²) in [6.45, 7) is 1.69. The summed E-state index contributed by atoms with van der Waals surface area (Å²) in [6.07, 6.45) is 2.85. The number of hydrogen-bond acceptors (Lipinski definition) is 4. The Labute approximate surface area is 156 Å². The number of fused-ring (bicyclic) bond motifs is 1. The molecule has 0 aliphatic carbocycles. The highest BCUT2D eigenvalue weighted by atomic mass is 16.1. The Morgan fingerprint density at radius 2 is 1.81 bits per heavy atom. The zero-order valence-electron chi connectivity index (χ0n) is 14.7. The van der Waals surface area contributed by atoms with Gasteiger partial charge >= 0.3 is 0 Å². The molecule has 6 heteroatoms. The van der Waals surface area contributed by atoms with Crippen LogP contribution in [0.15, 0.2) is 71.7 Å². The Bertz CT molecular complexity index is 1160. The Kier molecular flexibility index (Phi) is 3.83. The third-order valence-electron chi connectivity index (χ3n) is 5.05. The average molecular weight is 357 g/mol. The quantitative estimate of drug-likeness (QED) is 0.612. The molecule has 27 heavy (non-hydrogen) atoms. The zero-order valence-corrected chi connectivity index (χ0v) is 14.7. The molecule has 0 saturated carbocycles. The molecule has 3 aromatic heterocycles. The molecule has 6 nitrogen and oxygen atoms in total. The molecule has 1 fully saturated rings. The largest absolute Gasteiger partial charge is 0.315 e. The summed E-state index contributed by atoms with van der Waals surface area (Å²) in [6, 6.07) is 19.6. The predicted molar refractivity (Wildman–Crippen MR) is 105 cm³/mol. The van der Waals surface area contributed by atoms with E-state index in [1.54, 1.807) is 16.8 Å². The maximum absolute atomic E-state index is 12.4. The molecule has 1 saturated heterocycles. The minimum absolute atomic E-state index is 0.0646. The first-order valence-electron chi connectivity index (χ1n) is 9.15. The van der Waals surface area contributed by atoms with E-state index < -0.39 is 0 Å². The molecule has 0 radical (unpaired) electrons. The minimum atomic E-state index is -0.0646. The van der Waals surface area contributed by atoms with Crippen molar-refractivity contribution in [3.8, 4) is 22.5 Å². The molecule has 4 aromatic rings. The van der Waals surface area contributed by atoms with E-state index in [1.165, 1.54) is 0 Å². The minimum Gasteiger partial charge on any atom is -0.315 e. The van der Waals surface area contributed by atoms with Crippen LogP contribution in [0.25, 0.3) is 28.0 Å². The van der Waals surface area contributed by atoms with E-state index in [1.807, 2.05) is 59.2 Å². The molecule has 0 bridgehead atoms. The van der Waals surface area contributed by atoms with Gasteiger partial charge in [-0.25, -0.2) is 9.20 Å². The Hall–Kier alpha value is -3.25. The Morgan fingerprint density at radius 3 is 2.63 bits per heavy atom. The highest BCUT2D eigenvalue weighted by molar-refractivity contribution is 5.90. The number of aromatic nitrogens is 4. The molecule has 5 rings (SSSR count). The van der Waals surface area contributed by atoms with Gasteiger partial charge in [-0.05, 0) is 31.2 Å². The van der Waals surface area contributed by atoms with Crippen molar-refractivity contribution in [3.05, 3.63) is 77.2 Å². The van der Waals surface area contributed by atoms with E-state index in [0.717, 1.165) is 47.5 Å². The standard InChI is InChI=1S/C21H19N5O/c27-19-10-9-17(23-26(19)16-11-12-22-14-16)20-18-8-4-5-13-25(18)24-21(20)15-6-2-1-3-7-15/h1-10,13,16,22H,11-12,14H2. The molecular weight excluding hydrogens is 338 g/mol. The van der Waals surface area contributed by atoms with E-state index in [-0.39, 0.29) is 11.6 Å². The van der Waals surface area contributed by atoms with Crippen LogP contribution in [-0.2, 0) is 0 Å². The van der Waals surface area contributed by atoms with Gasteiger partial charge in [0.1, 0.15) is 5.69 Å². The molecule has 0 amide bonds. The second-order valence-electron chi connectivity index (χ2n) is 6.77. The average Bonchev–Trinajstić information content (AvgIpc) is 3.37. The van der Waals surface area contributed by atoms with Gasteiger partial charge in [0.05, 0.1) is 22.8 Å². The van der Waals surface area contributed by atoms with Gasteiger partial charge in [0.2, 0.25) is 0 Å². The van der Waals surface area contributed by atoms with Crippen LogP contribution < -0.4 is 10.9 Å². The van der Waals surface area contributed by atoms with Crippen LogP contribution in [0.5, 0.6) is 0 Å². The van der Waals surface area contributed by atoms with Crippen LogP contribution in [0, 0.1) is 0 Å². The Morgan fingerprint density at radius 1 is 0.963 bits per heavy atom. The summed E-state index contributed by atoms with van der Waals surface area (Å²) in [5, 5.41) is 12.8. The van der Waals surface area contributed by atoms with Gasteiger partial charge in [0.15, 0.2) is 0 Å². The molecule has 1 N–H and O–H groups in total. The van der Waals surface area contributed by atoms with E-state index >= 15 is 0 Å². The van der Waals surface area contributed by atoms with Crippen LogP contribution in [0.1, 0.15) is 12.5 Å². The van der Waals surface area contributed by atoms with E-state index in [0.29, 0.717) is 0 Å². The molecule has 1 aromatic carbocycles. The second-order valence-corrected chi connectivity index (χ2v) is 6.77. The van der Waals surface area contributed by atoms with Gasteiger partial charge in [0, 0.05) is 24.4 Å². The van der Waals surface area contributed by atoms with Crippen molar-refractivity contribution in [1.82, 2.24) is 24.7 Å². The molecule has 1 aliphatic rings.